The van der Waals surface area contributed by atoms with Crippen LogP contribution in [0.3, 0.4) is 0 Å². The average molecular weight is 447 g/mol. The third-order valence-electron chi connectivity index (χ3n) is 5.45. The summed E-state index contributed by atoms with van der Waals surface area (Å²) in [5, 5.41) is 20.0. The van der Waals surface area contributed by atoms with E-state index in [4.69, 9.17) is 0 Å². The van der Waals surface area contributed by atoms with Gasteiger partial charge in [0.15, 0.2) is 0 Å². The minimum atomic E-state index is -0.378. The molecule has 0 saturated heterocycles. The van der Waals surface area contributed by atoms with Crippen LogP contribution in [0.2, 0.25) is 0 Å². The number of unbranched alkanes of at least 4 members (excludes halogenated alkanes) is 6. The van der Waals surface area contributed by atoms with Crippen molar-refractivity contribution in [2.75, 3.05) is 0 Å². The Hall–Kier alpha value is -1.45. The fourth-order valence-electron chi connectivity index (χ4n) is 3.35. The highest BCUT2D eigenvalue weighted by atomic mass is 16.3. The van der Waals surface area contributed by atoms with Crippen molar-refractivity contribution in [3.05, 3.63) is 48.6 Å². The Balaban J connectivity index is 3.54. The molecule has 0 aromatic carbocycles. The molecule has 0 aliphatic carbocycles. The number of hydrogen-bond donors (Lipinski definition) is 2. The molecule has 0 aliphatic rings. The molecule has 0 aliphatic heterocycles. The summed E-state index contributed by atoms with van der Waals surface area (Å²) in [7, 11) is 0. The molecule has 0 bridgehead atoms. The molecule has 0 heterocycles. The molecule has 0 spiro atoms. The van der Waals surface area contributed by atoms with Gasteiger partial charge in [-0.1, -0.05) is 68.4 Å². The van der Waals surface area contributed by atoms with Crippen LogP contribution < -0.4 is 0 Å². The predicted molar refractivity (Wildman–Crippen MR) is 139 cm³/mol. The van der Waals surface area contributed by atoms with Crippen LogP contribution in [-0.4, -0.2) is 28.2 Å². The fraction of sp³-hybridized carbons (Fsp3) is 0.690. The van der Waals surface area contributed by atoms with Crippen LogP contribution in [0, 0.1) is 0 Å². The smallest absolute Gasteiger partial charge is 0.130 e. The van der Waals surface area contributed by atoms with Gasteiger partial charge < -0.3 is 15.0 Å². The molecule has 184 valence electrons. The SMILES string of the molecule is CCCCC/C=C\CCCC/C=C\CCC(O)CC/C=C\CC(O)C/C=C\CCC(C)=O. The largest absolute Gasteiger partial charge is 0.393 e. The van der Waals surface area contributed by atoms with Crippen LogP contribution in [0.25, 0.3) is 0 Å². The Labute approximate surface area is 198 Å². The van der Waals surface area contributed by atoms with Crippen molar-refractivity contribution in [3.8, 4) is 0 Å². The summed E-state index contributed by atoms with van der Waals surface area (Å²) in [6, 6.07) is 0. The molecule has 3 heteroatoms. The molecule has 2 atom stereocenters. The summed E-state index contributed by atoms with van der Waals surface area (Å²) in [6.07, 6.45) is 32.4. The predicted octanol–water partition coefficient (Wildman–Crippen LogP) is 7.78. The van der Waals surface area contributed by atoms with Crippen molar-refractivity contribution in [1.82, 2.24) is 0 Å². The molecule has 0 amide bonds. The van der Waals surface area contributed by atoms with E-state index in [1.165, 1.54) is 44.9 Å². The number of carbonyl (C=O) groups excluding carboxylic acids is 1. The van der Waals surface area contributed by atoms with Crippen LogP contribution >= 0.6 is 0 Å². The molecule has 0 fully saturated rings. The average Bonchev–Trinajstić information content (AvgIpc) is 2.76. The molecule has 0 radical (unpaired) electrons. The first-order valence-electron chi connectivity index (χ1n) is 13.0. The highest BCUT2D eigenvalue weighted by Gasteiger charge is 2.01. The van der Waals surface area contributed by atoms with Gasteiger partial charge in [-0.25, -0.2) is 0 Å². The Kier molecular flexibility index (Phi) is 23.1. The molecule has 0 aromatic rings. The maximum atomic E-state index is 10.8. The maximum Gasteiger partial charge on any atom is 0.130 e. The molecule has 0 rings (SSSR count). The molecular weight excluding hydrogens is 396 g/mol. The van der Waals surface area contributed by atoms with Gasteiger partial charge in [0.25, 0.3) is 0 Å². The quantitative estimate of drug-likeness (QED) is 0.132. The van der Waals surface area contributed by atoms with Gasteiger partial charge in [0.1, 0.15) is 5.78 Å². The van der Waals surface area contributed by atoms with E-state index in [-0.39, 0.29) is 18.0 Å². The third kappa shape index (κ3) is 24.8. The van der Waals surface area contributed by atoms with Crippen LogP contribution in [0.15, 0.2) is 48.6 Å². The molecule has 3 nitrogen and oxygen atoms in total. The zero-order chi connectivity index (χ0) is 23.7. The van der Waals surface area contributed by atoms with E-state index in [1.807, 2.05) is 18.2 Å². The second-order valence-electron chi connectivity index (χ2n) is 8.84. The first kappa shape index (κ1) is 30.6. The lowest BCUT2D eigenvalue weighted by Gasteiger charge is -2.07. The lowest BCUT2D eigenvalue weighted by Crippen LogP contribution is -2.05. The maximum absolute atomic E-state index is 10.8. The van der Waals surface area contributed by atoms with Crippen molar-refractivity contribution in [3.63, 3.8) is 0 Å². The van der Waals surface area contributed by atoms with Gasteiger partial charge in [0, 0.05) is 6.42 Å². The number of aliphatic hydroxyl groups excluding tert-OH is 2. The first-order valence-corrected chi connectivity index (χ1v) is 13.0. The number of aliphatic hydroxyl groups is 2. The summed E-state index contributed by atoms with van der Waals surface area (Å²) in [6.45, 7) is 3.84. The molecule has 0 aromatic heterocycles. The summed E-state index contributed by atoms with van der Waals surface area (Å²) < 4.78 is 0. The minimum absolute atomic E-state index is 0.197. The summed E-state index contributed by atoms with van der Waals surface area (Å²) in [4.78, 5) is 10.8. The molecule has 0 saturated carbocycles. The van der Waals surface area contributed by atoms with Crippen molar-refractivity contribution >= 4 is 5.78 Å². The minimum Gasteiger partial charge on any atom is -0.393 e. The Bertz CT molecular complexity index is 531. The normalized spacial score (nSPS) is 14.4. The lowest BCUT2D eigenvalue weighted by atomic mass is 10.1. The highest BCUT2D eigenvalue weighted by molar-refractivity contribution is 5.75. The molecule has 2 N–H and O–H groups in total. The number of ketones is 1. The third-order valence-corrected chi connectivity index (χ3v) is 5.45. The zero-order valence-corrected chi connectivity index (χ0v) is 20.9. The van der Waals surface area contributed by atoms with Gasteiger partial charge in [0.2, 0.25) is 0 Å². The first-order chi connectivity index (χ1) is 15.6. The van der Waals surface area contributed by atoms with E-state index in [0.29, 0.717) is 19.3 Å². The van der Waals surface area contributed by atoms with Crippen LogP contribution in [0.1, 0.15) is 117 Å². The summed E-state index contributed by atoms with van der Waals surface area (Å²) in [5.41, 5.74) is 0. The van der Waals surface area contributed by atoms with E-state index in [0.717, 1.165) is 38.5 Å². The molecule has 32 heavy (non-hydrogen) atoms. The summed E-state index contributed by atoms with van der Waals surface area (Å²) >= 11 is 0. The van der Waals surface area contributed by atoms with Gasteiger partial charge in [0.05, 0.1) is 12.2 Å². The number of Topliss-reactive ketones (excluding diaryl/α,β-unsaturated/α-hetero) is 1. The van der Waals surface area contributed by atoms with Crippen molar-refractivity contribution in [2.45, 2.75) is 129 Å². The van der Waals surface area contributed by atoms with Crippen LogP contribution in [-0.2, 0) is 4.79 Å². The monoisotopic (exact) mass is 446 g/mol. The van der Waals surface area contributed by atoms with E-state index < -0.39 is 0 Å². The number of carbonyl (C=O) groups is 1. The van der Waals surface area contributed by atoms with Gasteiger partial charge in [-0.3, -0.25) is 0 Å². The van der Waals surface area contributed by atoms with Crippen LogP contribution in [0.4, 0.5) is 0 Å². The van der Waals surface area contributed by atoms with E-state index in [1.54, 1.807) is 6.92 Å². The topological polar surface area (TPSA) is 57.5 Å². The second kappa shape index (κ2) is 24.2. The van der Waals surface area contributed by atoms with E-state index in [2.05, 4.69) is 37.3 Å². The van der Waals surface area contributed by atoms with E-state index >= 15 is 0 Å². The second-order valence-corrected chi connectivity index (χ2v) is 8.84. The fourth-order valence-corrected chi connectivity index (χ4v) is 3.35. The lowest BCUT2D eigenvalue weighted by molar-refractivity contribution is -0.116. The summed E-state index contributed by atoms with van der Waals surface area (Å²) in [5.74, 6) is 0.197. The van der Waals surface area contributed by atoms with Gasteiger partial charge in [-0.05, 0) is 90.4 Å². The standard InChI is InChI=1S/C29H50O3/c1-3-4-5-6-7-8-9-10-11-12-13-14-18-23-28(31)25-20-16-21-26-29(32)24-19-15-17-22-27(2)30/h7-8,13-16,19,21,28-29,31-32H,3-6,9-12,17-18,20,22-26H2,1-2H3/b8-7-,14-13-,19-15-,21-16-. The van der Waals surface area contributed by atoms with Crippen LogP contribution in [0.5, 0.6) is 0 Å². The number of hydrogen-bond acceptors (Lipinski definition) is 3. The van der Waals surface area contributed by atoms with E-state index in [9.17, 15) is 15.0 Å². The molecule has 2 unspecified atom stereocenters. The highest BCUT2D eigenvalue weighted by Crippen LogP contribution is 2.09. The number of rotatable bonds is 22. The van der Waals surface area contributed by atoms with Crippen molar-refractivity contribution in [1.29, 1.82) is 0 Å². The molecular formula is C29H50O3. The van der Waals surface area contributed by atoms with Crippen molar-refractivity contribution < 1.29 is 15.0 Å². The van der Waals surface area contributed by atoms with Crippen molar-refractivity contribution in [2.24, 2.45) is 0 Å². The Morgan fingerprint density at radius 2 is 1.06 bits per heavy atom. The van der Waals surface area contributed by atoms with Gasteiger partial charge >= 0.3 is 0 Å². The Morgan fingerprint density at radius 3 is 1.56 bits per heavy atom. The number of allylic oxidation sites excluding steroid dienone is 6. The Morgan fingerprint density at radius 1 is 0.625 bits per heavy atom. The zero-order valence-electron chi connectivity index (χ0n) is 20.9. The van der Waals surface area contributed by atoms with Gasteiger partial charge in [-0.15, -0.1) is 0 Å². The van der Waals surface area contributed by atoms with Gasteiger partial charge in [-0.2, -0.15) is 0 Å².